The zero-order chi connectivity index (χ0) is 13.0. The summed E-state index contributed by atoms with van der Waals surface area (Å²) in [6, 6.07) is 0.0442. The van der Waals surface area contributed by atoms with Crippen LogP contribution in [0.1, 0.15) is 46.5 Å². The van der Waals surface area contributed by atoms with Crippen molar-refractivity contribution in [2.24, 2.45) is 0 Å². The molecule has 0 saturated heterocycles. The first-order valence-corrected chi connectivity index (χ1v) is 6.15. The lowest BCUT2D eigenvalue weighted by molar-refractivity contribution is -0.138. The molecule has 0 aromatic rings. The maximum Gasteiger partial charge on any atom is 0.305 e. The molecule has 0 fully saturated rings. The number of hydrogen-bond acceptors (Lipinski definition) is 2. The first-order valence-electron chi connectivity index (χ1n) is 6.15. The quantitative estimate of drug-likeness (QED) is 0.800. The second kappa shape index (κ2) is 5.84. The van der Waals surface area contributed by atoms with Crippen LogP contribution in [-0.2, 0) is 9.59 Å². The van der Waals surface area contributed by atoms with Gasteiger partial charge in [0.2, 0.25) is 5.91 Å². The summed E-state index contributed by atoms with van der Waals surface area (Å²) in [7, 11) is 0. The van der Waals surface area contributed by atoms with Crippen molar-refractivity contribution in [1.29, 1.82) is 0 Å². The minimum absolute atomic E-state index is 0.0102. The molecule has 1 amide bonds. The van der Waals surface area contributed by atoms with Crippen LogP contribution >= 0.6 is 0 Å². The molecule has 0 unspecified atom stereocenters. The number of hydrogen-bond donors (Lipinski definition) is 1. The van der Waals surface area contributed by atoms with E-state index >= 15 is 0 Å². The molecule has 0 radical (unpaired) electrons. The van der Waals surface area contributed by atoms with Gasteiger partial charge in [-0.2, -0.15) is 0 Å². The third-order valence-corrected chi connectivity index (χ3v) is 3.20. The lowest BCUT2D eigenvalue weighted by Crippen LogP contribution is -2.39. The lowest BCUT2D eigenvalue weighted by atomic mass is 10.1. The Kier molecular flexibility index (Phi) is 4.73. The highest BCUT2D eigenvalue weighted by atomic mass is 16.4. The van der Waals surface area contributed by atoms with Gasteiger partial charge in [-0.05, 0) is 40.0 Å². The summed E-state index contributed by atoms with van der Waals surface area (Å²) in [4.78, 5) is 24.5. The van der Waals surface area contributed by atoms with Crippen LogP contribution in [0.5, 0.6) is 0 Å². The Morgan fingerprint density at radius 3 is 2.41 bits per heavy atom. The van der Waals surface area contributed by atoms with Gasteiger partial charge in [0.25, 0.3) is 0 Å². The van der Waals surface area contributed by atoms with E-state index in [1.54, 1.807) is 4.90 Å². The molecule has 0 aromatic heterocycles. The number of rotatable bonds is 5. The minimum Gasteiger partial charge on any atom is -0.481 e. The third kappa shape index (κ3) is 3.58. The number of carbonyl (C=O) groups excluding carboxylic acids is 1. The van der Waals surface area contributed by atoms with Gasteiger partial charge in [0, 0.05) is 18.2 Å². The topological polar surface area (TPSA) is 57.6 Å². The van der Waals surface area contributed by atoms with Gasteiger partial charge in [-0.3, -0.25) is 9.59 Å². The standard InChI is InChI=1S/C13H21NO3/c1-9(2)14(8-7-12(15)16)13(17)11-6-4-5-10(11)3/h9H,4-8H2,1-3H3,(H,15,16). The first-order chi connectivity index (χ1) is 7.93. The van der Waals surface area contributed by atoms with E-state index in [1.165, 1.54) is 0 Å². The second-order valence-electron chi connectivity index (χ2n) is 4.85. The number of carbonyl (C=O) groups is 2. The molecule has 0 saturated carbocycles. The van der Waals surface area contributed by atoms with Crippen molar-refractivity contribution in [3.63, 3.8) is 0 Å². The Labute approximate surface area is 102 Å². The maximum absolute atomic E-state index is 12.3. The van der Waals surface area contributed by atoms with Crippen LogP contribution in [0.3, 0.4) is 0 Å². The van der Waals surface area contributed by atoms with E-state index in [1.807, 2.05) is 20.8 Å². The largest absolute Gasteiger partial charge is 0.481 e. The SMILES string of the molecule is CC1=C(C(=O)N(CCC(=O)O)C(C)C)CCC1. The highest BCUT2D eigenvalue weighted by Crippen LogP contribution is 2.27. The van der Waals surface area contributed by atoms with Crippen LogP contribution in [0, 0.1) is 0 Å². The Morgan fingerprint density at radius 2 is 2.00 bits per heavy atom. The summed E-state index contributed by atoms with van der Waals surface area (Å²) in [6.45, 7) is 6.13. The molecule has 0 atom stereocenters. The molecule has 0 spiro atoms. The number of carboxylic acid groups (broad SMARTS) is 1. The van der Waals surface area contributed by atoms with Crippen molar-refractivity contribution in [1.82, 2.24) is 4.90 Å². The molecule has 96 valence electrons. The lowest BCUT2D eigenvalue weighted by Gasteiger charge is -2.27. The molecule has 0 aromatic carbocycles. The zero-order valence-electron chi connectivity index (χ0n) is 10.8. The smallest absolute Gasteiger partial charge is 0.305 e. The molecule has 0 aliphatic heterocycles. The Hall–Kier alpha value is -1.32. The van der Waals surface area contributed by atoms with Gasteiger partial charge >= 0.3 is 5.97 Å². The van der Waals surface area contributed by atoms with Gasteiger partial charge in [0.15, 0.2) is 0 Å². The van der Waals surface area contributed by atoms with E-state index in [0.717, 1.165) is 30.4 Å². The van der Waals surface area contributed by atoms with Crippen molar-refractivity contribution in [3.8, 4) is 0 Å². The predicted octanol–water partition coefficient (Wildman–Crippen LogP) is 2.20. The average Bonchev–Trinajstić information content (AvgIpc) is 2.63. The van der Waals surface area contributed by atoms with E-state index in [2.05, 4.69) is 0 Å². The van der Waals surface area contributed by atoms with Crippen molar-refractivity contribution in [3.05, 3.63) is 11.1 Å². The molecule has 1 aliphatic rings. The van der Waals surface area contributed by atoms with Gasteiger partial charge in [0.1, 0.15) is 0 Å². The minimum atomic E-state index is -0.861. The average molecular weight is 239 g/mol. The van der Waals surface area contributed by atoms with Crippen molar-refractivity contribution < 1.29 is 14.7 Å². The van der Waals surface area contributed by atoms with Crippen molar-refractivity contribution in [2.45, 2.75) is 52.5 Å². The molecule has 4 nitrogen and oxygen atoms in total. The van der Waals surface area contributed by atoms with Crippen molar-refractivity contribution >= 4 is 11.9 Å². The normalized spacial score (nSPS) is 15.5. The van der Waals surface area contributed by atoms with Gasteiger partial charge in [0.05, 0.1) is 6.42 Å². The van der Waals surface area contributed by atoms with E-state index in [4.69, 9.17) is 5.11 Å². The van der Waals surface area contributed by atoms with Crippen LogP contribution in [0.15, 0.2) is 11.1 Å². The van der Waals surface area contributed by atoms with E-state index in [-0.39, 0.29) is 18.4 Å². The van der Waals surface area contributed by atoms with E-state index in [9.17, 15) is 9.59 Å². The molecule has 0 heterocycles. The Morgan fingerprint density at radius 1 is 1.35 bits per heavy atom. The molecule has 4 heteroatoms. The highest BCUT2D eigenvalue weighted by molar-refractivity contribution is 5.95. The van der Waals surface area contributed by atoms with Gasteiger partial charge in [-0.1, -0.05) is 5.57 Å². The van der Waals surface area contributed by atoms with Crippen LogP contribution in [0.25, 0.3) is 0 Å². The fourth-order valence-electron chi connectivity index (χ4n) is 2.17. The van der Waals surface area contributed by atoms with Gasteiger partial charge < -0.3 is 10.0 Å². The van der Waals surface area contributed by atoms with Crippen molar-refractivity contribution in [2.75, 3.05) is 6.54 Å². The summed E-state index contributed by atoms with van der Waals surface area (Å²) in [6.07, 6.45) is 2.88. The molecule has 1 rings (SSSR count). The summed E-state index contributed by atoms with van der Waals surface area (Å²) in [5, 5.41) is 8.69. The Balaban J connectivity index is 2.73. The van der Waals surface area contributed by atoms with Gasteiger partial charge in [-0.25, -0.2) is 0 Å². The first kappa shape index (κ1) is 13.7. The zero-order valence-corrected chi connectivity index (χ0v) is 10.8. The number of aliphatic carboxylic acids is 1. The van der Waals surface area contributed by atoms with Crippen LogP contribution in [0.4, 0.5) is 0 Å². The summed E-state index contributed by atoms with van der Waals surface area (Å²) >= 11 is 0. The highest BCUT2D eigenvalue weighted by Gasteiger charge is 2.25. The fraction of sp³-hybridized carbons (Fsp3) is 0.692. The third-order valence-electron chi connectivity index (χ3n) is 3.20. The maximum atomic E-state index is 12.3. The molecule has 1 N–H and O–H groups in total. The van der Waals surface area contributed by atoms with Crippen LogP contribution in [-0.4, -0.2) is 34.5 Å². The molecular formula is C13H21NO3. The summed E-state index contributed by atoms with van der Waals surface area (Å²) < 4.78 is 0. The van der Waals surface area contributed by atoms with E-state index < -0.39 is 5.97 Å². The predicted molar refractivity (Wildman–Crippen MR) is 65.7 cm³/mol. The summed E-state index contributed by atoms with van der Waals surface area (Å²) in [5.41, 5.74) is 2.06. The summed E-state index contributed by atoms with van der Waals surface area (Å²) in [5.74, 6) is -0.836. The molecular weight excluding hydrogens is 218 g/mol. The molecule has 1 aliphatic carbocycles. The Bertz CT molecular complexity index is 345. The number of carboxylic acids is 1. The van der Waals surface area contributed by atoms with Crippen LogP contribution in [0.2, 0.25) is 0 Å². The number of amides is 1. The molecule has 0 bridgehead atoms. The van der Waals surface area contributed by atoms with Gasteiger partial charge in [-0.15, -0.1) is 0 Å². The fourth-order valence-corrected chi connectivity index (χ4v) is 2.17. The van der Waals surface area contributed by atoms with E-state index in [0.29, 0.717) is 6.54 Å². The number of nitrogens with zero attached hydrogens (tertiary/aromatic N) is 1. The monoisotopic (exact) mass is 239 g/mol. The second-order valence-corrected chi connectivity index (χ2v) is 4.85. The molecule has 17 heavy (non-hydrogen) atoms. The van der Waals surface area contributed by atoms with Crippen LogP contribution < -0.4 is 0 Å². The number of allylic oxidation sites excluding steroid dienone is 1.